The Labute approximate surface area is 154 Å². The summed E-state index contributed by atoms with van der Waals surface area (Å²) in [5, 5.41) is 0. The van der Waals surface area contributed by atoms with Crippen LogP contribution < -0.4 is 0 Å². The Kier molecular flexibility index (Phi) is 6.28. The molecule has 2 rings (SSSR count). The summed E-state index contributed by atoms with van der Waals surface area (Å²) in [6.45, 7) is 6.93. The fraction of sp³-hybridized carbons (Fsp3) is 0.556. The van der Waals surface area contributed by atoms with Crippen molar-refractivity contribution < 1.29 is 22.7 Å². The number of sulfone groups is 1. The maximum Gasteiger partial charge on any atom is 0.410 e. The van der Waals surface area contributed by atoms with Gasteiger partial charge in [0, 0.05) is 32.6 Å². The maximum absolute atomic E-state index is 12.3. The Balaban J connectivity index is 1.83. The standard InChI is InChI=1S/C18H26N2O5S/c1-18(2,3)25-17(22)20-12-10-19(11-13-20)16(21)9-14-26(23,24)15-7-5-4-6-8-15/h4-8H,9-14H2,1-3H3. The van der Waals surface area contributed by atoms with Gasteiger partial charge in [-0.25, -0.2) is 13.2 Å². The molecule has 1 heterocycles. The van der Waals surface area contributed by atoms with Gasteiger partial charge in [0.2, 0.25) is 5.91 Å². The van der Waals surface area contributed by atoms with Crippen molar-refractivity contribution in [2.24, 2.45) is 0 Å². The lowest BCUT2D eigenvalue weighted by molar-refractivity contribution is -0.132. The van der Waals surface area contributed by atoms with Gasteiger partial charge in [-0.15, -0.1) is 0 Å². The van der Waals surface area contributed by atoms with Crippen LogP contribution in [0.2, 0.25) is 0 Å². The SMILES string of the molecule is CC(C)(C)OC(=O)N1CCN(C(=O)CCS(=O)(=O)c2ccccc2)CC1. The summed E-state index contributed by atoms with van der Waals surface area (Å²) in [4.78, 5) is 27.7. The molecule has 0 aromatic heterocycles. The smallest absolute Gasteiger partial charge is 0.410 e. The third-order valence-electron chi connectivity index (χ3n) is 3.97. The number of piperazine rings is 1. The molecule has 0 bridgehead atoms. The van der Waals surface area contributed by atoms with Crippen molar-refractivity contribution in [3.05, 3.63) is 30.3 Å². The van der Waals surface area contributed by atoms with E-state index in [0.717, 1.165) is 0 Å². The minimum Gasteiger partial charge on any atom is -0.444 e. The molecule has 0 unspecified atom stereocenters. The van der Waals surface area contributed by atoms with Gasteiger partial charge in [0.25, 0.3) is 0 Å². The number of benzene rings is 1. The average molecular weight is 382 g/mol. The molecule has 1 aromatic rings. The minimum atomic E-state index is -3.47. The zero-order valence-electron chi connectivity index (χ0n) is 15.5. The van der Waals surface area contributed by atoms with Crippen LogP contribution >= 0.6 is 0 Å². The van der Waals surface area contributed by atoms with Crippen LogP contribution in [0, 0.1) is 0 Å². The molecular weight excluding hydrogens is 356 g/mol. The van der Waals surface area contributed by atoms with Gasteiger partial charge in [-0.1, -0.05) is 18.2 Å². The van der Waals surface area contributed by atoms with Crippen molar-refractivity contribution in [3.8, 4) is 0 Å². The molecule has 1 fully saturated rings. The van der Waals surface area contributed by atoms with E-state index in [0.29, 0.717) is 26.2 Å². The molecule has 0 N–H and O–H groups in total. The molecule has 0 aliphatic carbocycles. The second-order valence-corrected chi connectivity index (χ2v) is 9.34. The highest BCUT2D eigenvalue weighted by atomic mass is 32.2. The van der Waals surface area contributed by atoms with Crippen molar-refractivity contribution in [1.82, 2.24) is 9.80 Å². The normalized spacial score (nSPS) is 15.7. The summed E-state index contributed by atoms with van der Waals surface area (Å²) in [5.74, 6) is -0.435. The first-order valence-corrected chi connectivity index (χ1v) is 10.3. The summed E-state index contributed by atoms with van der Waals surface area (Å²) in [5.41, 5.74) is -0.560. The number of rotatable bonds is 4. The zero-order valence-corrected chi connectivity index (χ0v) is 16.3. The Bertz CT molecular complexity index is 733. The van der Waals surface area contributed by atoms with Crippen molar-refractivity contribution in [3.63, 3.8) is 0 Å². The van der Waals surface area contributed by atoms with E-state index in [1.807, 2.05) is 0 Å². The number of hydrogen-bond acceptors (Lipinski definition) is 5. The summed E-state index contributed by atoms with van der Waals surface area (Å²) in [6.07, 6.45) is -0.458. The van der Waals surface area contributed by atoms with Gasteiger partial charge in [0.15, 0.2) is 9.84 Å². The minimum absolute atomic E-state index is 0.0658. The van der Waals surface area contributed by atoms with E-state index in [1.54, 1.807) is 48.8 Å². The topological polar surface area (TPSA) is 84.0 Å². The van der Waals surface area contributed by atoms with Crippen LogP contribution in [0.1, 0.15) is 27.2 Å². The average Bonchev–Trinajstić information content (AvgIpc) is 2.59. The van der Waals surface area contributed by atoms with Crippen LogP contribution in [0.5, 0.6) is 0 Å². The second-order valence-electron chi connectivity index (χ2n) is 7.23. The first-order chi connectivity index (χ1) is 12.1. The van der Waals surface area contributed by atoms with Crippen molar-refractivity contribution >= 4 is 21.8 Å². The number of hydrogen-bond donors (Lipinski definition) is 0. The van der Waals surface area contributed by atoms with E-state index < -0.39 is 21.5 Å². The molecule has 1 saturated heterocycles. The number of amides is 2. The Morgan fingerprint density at radius 3 is 2.08 bits per heavy atom. The highest BCUT2D eigenvalue weighted by molar-refractivity contribution is 7.91. The van der Waals surface area contributed by atoms with Gasteiger partial charge in [0.1, 0.15) is 5.60 Å². The van der Waals surface area contributed by atoms with Gasteiger partial charge in [-0.3, -0.25) is 4.79 Å². The quantitative estimate of drug-likeness (QED) is 0.794. The van der Waals surface area contributed by atoms with Crippen LogP contribution in [0.15, 0.2) is 35.2 Å². The lowest BCUT2D eigenvalue weighted by atomic mass is 10.2. The van der Waals surface area contributed by atoms with E-state index in [1.165, 1.54) is 12.1 Å². The van der Waals surface area contributed by atoms with Crippen LogP contribution in [0.3, 0.4) is 0 Å². The number of ether oxygens (including phenoxy) is 1. The molecule has 0 spiro atoms. The maximum atomic E-state index is 12.3. The molecule has 144 valence electrons. The van der Waals surface area contributed by atoms with Gasteiger partial charge >= 0.3 is 6.09 Å². The van der Waals surface area contributed by atoms with Crippen LogP contribution in [-0.4, -0.2) is 67.8 Å². The summed E-state index contributed by atoms with van der Waals surface area (Å²) < 4.78 is 29.8. The Morgan fingerprint density at radius 1 is 1.00 bits per heavy atom. The van der Waals surface area contributed by atoms with E-state index >= 15 is 0 Å². The molecule has 26 heavy (non-hydrogen) atoms. The molecule has 1 aromatic carbocycles. The van der Waals surface area contributed by atoms with Crippen LogP contribution in [0.4, 0.5) is 4.79 Å². The monoisotopic (exact) mass is 382 g/mol. The third kappa shape index (κ3) is 5.72. The van der Waals surface area contributed by atoms with E-state index in [2.05, 4.69) is 0 Å². The van der Waals surface area contributed by atoms with Gasteiger partial charge in [0.05, 0.1) is 10.6 Å². The van der Waals surface area contributed by atoms with Crippen LogP contribution in [0.25, 0.3) is 0 Å². The van der Waals surface area contributed by atoms with Crippen molar-refractivity contribution in [2.45, 2.75) is 37.7 Å². The molecule has 8 heteroatoms. The van der Waals surface area contributed by atoms with E-state index in [-0.39, 0.29) is 23.0 Å². The number of carbonyl (C=O) groups is 2. The fourth-order valence-corrected chi connectivity index (χ4v) is 3.84. The largest absolute Gasteiger partial charge is 0.444 e. The zero-order chi connectivity index (χ0) is 19.4. The fourth-order valence-electron chi connectivity index (χ4n) is 2.59. The first kappa shape index (κ1) is 20.2. The van der Waals surface area contributed by atoms with Gasteiger partial charge in [-0.2, -0.15) is 0 Å². The lowest BCUT2D eigenvalue weighted by Gasteiger charge is -2.35. The molecule has 1 aliphatic heterocycles. The molecule has 7 nitrogen and oxygen atoms in total. The van der Waals surface area contributed by atoms with E-state index in [4.69, 9.17) is 4.74 Å². The van der Waals surface area contributed by atoms with E-state index in [9.17, 15) is 18.0 Å². The van der Waals surface area contributed by atoms with Gasteiger partial charge in [-0.05, 0) is 32.9 Å². The summed E-state index contributed by atoms with van der Waals surface area (Å²) >= 11 is 0. The highest BCUT2D eigenvalue weighted by Gasteiger charge is 2.28. The first-order valence-electron chi connectivity index (χ1n) is 8.62. The molecule has 2 amide bonds. The van der Waals surface area contributed by atoms with Gasteiger partial charge < -0.3 is 14.5 Å². The summed E-state index contributed by atoms with van der Waals surface area (Å²) in [6, 6.07) is 8.11. The molecule has 0 atom stereocenters. The molecular formula is C18H26N2O5S. The summed E-state index contributed by atoms with van der Waals surface area (Å²) in [7, 11) is -3.47. The third-order valence-corrected chi connectivity index (χ3v) is 5.70. The second kappa shape index (κ2) is 8.07. The molecule has 0 saturated carbocycles. The molecule has 0 radical (unpaired) electrons. The Morgan fingerprint density at radius 2 is 1.54 bits per heavy atom. The Hall–Kier alpha value is -2.09. The number of nitrogens with zero attached hydrogens (tertiary/aromatic N) is 2. The van der Waals surface area contributed by atoms with Crippen molar-refractivity contribution in [2.75, 3.05) is 31.9 Å². The molecule has 1 aliphatic rings. The predicted octanol–water partition coefficient (Wildman–Crippen LogP) is 1.93. The predicted molar refractivity (Wildman–Crippen MR) is 97.5 cm³/mol. The van der Waals surface area contributed by atoms with Crippen molar-refractivity contribution in [1.29, 1.82) is 0 Å². The van der Waals surface area contributed by atoms with Crippen LogP contribution in [-0.2, 0) is 19.4 Å². The highest BCUT2D eigenvalue weighted by Crippen LogP contribution is 2.14. The number of carbonyl (C=O) groups excluding carboxylic acids is 2. The lowest BCUT2D eigenvalue weighted by Crippen LogP contribution is -2.51.